The van der Waals surface area contributed by atoms with Gasteiger partial charge in [-0.1, -0.05) is 40.5 Å². The number of Topliss-reactive ketones (excluding diaryl/α,β-unsaturated/α-hetero) is 1. The summed E-state index contributed by atoms with van der Waals surface area (Å²) in [6.45, 7) is 9.63. The number of nitrogens with zero attached hydrogens (tertiary/aromatic N) is 3. The van der Waals surface area contributed by atoms with Crippen molar-refractivity contribution in [3.8, 4) is 5.75 Å². The molecule has 0 aromatic carbocycles. The summed E-state index contributed by atoms with van der Waals surface area (Å²) in [5.74, 6) is 0.600. The molecule has 0 spiro atoms. The summed E-state index contributed by atoms with van der Waals surface area (Å²) in [7, 11) is 0. The van der Waals surface area contributed by atoms with Gasteiger partial charge >= 0.3 is 6.09 Å². The molecule has 1 aliphatic carbocycles. The van der Waals surface area contributed by atoms with Crippen LogP contribution in [0.1, 0.15) is 91.5 Å². The fourth-order valence-electron chi connectivity index (χ4n) is 7.17. The third-order valence-corrected chi connectivity index (χ3v) is 9.36. The van der Waals surface area contributed by atoms with Crippen molar-refractivity contribution in [2.24, 2.45) is 17.3 Å². The summed E-state index contributed by atoms with van der Waals surface area (Å²) in [5, 5.41) is 2.92. The molecule has 1 saturated heterocycles. The topological polar surface area (TPSA) is 102 Å². The van der Waals surface area contributed by atoms with Crippen molar-refractivity contribution < 1.29 is 23.9 Å². The van der Waals surface area contributed by atoms with Crippen molar-refractivity contribution >= 4 is 23.4 Å². The summed E-state index contributed by atoms with van der Waals surface area (Å²) < 4.78 is 14.7. The molecule has 2 aliphatic heterocycles. The van der Waals surface area contributed by atoms with Crippen molar-refractivity contribution in [3.63, 3.8) is 0 Å². The maximum atomic E-state index is 14.2. The van der Waals surface area contributed by atoms with Gasteiger partial charge in [-0.3, -0.25) is 9.59 Å². The predicted molar refractivity (Wildman–Crippen MR) is 156 cm³/mol. The average molecular weight is 567 g/mol. The zero-order chi connectivity index (χ0) is 29.3. The molecule has 3 aliphatic rings. The number of rotatable bonds is 2. The van der Waals surface area contributed by atoms with E-state index in [1.54, 1.807) is 18.0 Å². The van der Waals surface area contributed by atoms with Crippen LogP contribution < -0.4 is 10.1 Å². The van der Waals surface area contributed by atoms with Gasteiger partial charge in [0.2, 0.25) is 5.91 Å². The van der Waals surface area contributed by atoms with Gasteiger partial charge in [0.25, 0.3) is 0 Å². The van der Waals surface area contributed by atoms with Gasteiger partial charge in [-0.15, -0.1) is 0 Å². The van der Waals surface area contributed by atoms with Crippen LogP contribution in [0.3, 0.4) is 0 Å². The minimum atomic E-state index is -0.844. The Labute approximate surface area is 243 Å². The van der Waals surface area contributed by atoms with Crippen molar-refractivity contribution in [1.29, 1.82) is 0 Å². The fraction of sp³-hybridized carbons (Fsp3) is 0.688. The van der Waals surface area contributed by atoms with Crippen LogP contribution in [0.4, 0.5) is 4.79 Å². The van der Waals surface area contributed by atoms with E-state index in [2.05, 4.69) is 16.5 Å². The molecule has 224 valence electrons. The third kappa shape index (κ3) is 6.24. The smallest absolute Gasteiger partial charge is 0.408 e. The number of aromatic nitrogens is 2. The zero-order valence-electron chi connectivity index (χ0n) is 25.2. The van der Waals surface area contributed by atoms with Gasteiger partial charge in [-0.25, -0.2) is 9.78 Å². The number of ketones is 1. The Morgan fingerprint density at radius 3 is 2.59 bits per heavy atom. The lowest BCUT2D eigenvalue weighted by molar-refractivity contribution is -0.141. The van der Waals surface area contributed by atoms with Crippen LogP contribution in [0.5, 0.6) is 5.75 Å². The summed E-state index contributed by atoms with van der Waals surface area (Å²) in [6.07, 6.45) is 13.5. The molecule has 2 amide bonds. The number of pyridine rings is 1. The Balaban J connectivity index is 1.52. The van der Waals surface area contributed by atoms with E-state index in [0.717, 1.165) is 68.3 Å². The van der Waals surface area contributed by atoms with Gasteiger partial charge in [0, 0.05) is 36.1 Å². The highest BCUT2D eigenvalue weighted by molar-refractivity contribution is 5.92. The molecule has 1 saturated carbocycles. The second-order valence-electron chi connectivity index (χ2n) is 13.3. The minimum Gasteiger partial charge on any atom is -0.488 e. The van der Waals surface area contributed by atoms with Crippen LogP contribution in [-0.2, 0) is 20.7 Å². The number of carbonyl (C=O) groups excluding carboxylic acids is 3. The highest BCUT2D eigenvalue weighted by Gasteiger charge is 2.50. The van der Waals surface area contributed by atoms with Crippen LogP contribution >= 0.6 is 0 Å². The molecular formula is C32H46N4O5. The van der Waals surface area contributed by atoms with Crippen LogP contribution in [-0.4, -0.2) is 62.9 Å². The van der Waals surface area contributed by atoms with Crippen molar-refractivity contribution in [2.45, 2.75) is 117 Å². The number of aryl methyl sites for hydroxylation is 1. The molecule has 0 radical (unpaired) electrons. The van der Waals surface area contributed by atoms with E-state index >= 15 is 0 Å². The third-order valence-electron chi connectivity index (χ3n) is 9.36. The lowest BCUT2D eigenvalue weighted by Crippen LogP contribution is -2.57. The highest BCUT2D eigenvalue weighted by Crippen LogP contribution is 2.37. The van der Waals surface area contributed by atoms with Crippen molar-refractivity contribution in [3.05, 3.63) is 30.2 Å². The molecular weight excluding hydrogens is 520 g/mol. The number of fused-ring (bicyclic) bond motifs is 5. The molecule has 5 rings (SSSR count). The lowest BCUT2D eigenvalue weighted by atomic mass is 9.85. The molecule has 2 fully saturated rings. The first-order valence-electron chi connectivity index (χ1n) is 15.5. The second-order valence-corrected chi connectivity index (χ2v) is 13.3. The summed E-state index contributed by atoms with van der Waals surface area (Å²) in [4.78, 5) is 46.6. The summed E-state index contributed by atoms with van der Waals surface area (Å²) in [5.41, 5.74) is 1.32. The number of hydrogen-bond donors (Lipinski definition) is 1. The lowest BCUT2D eigenvalue weighted by Gasteiger charge is -2.35. The second kappa shape index (κ2) is 12.0. The Kier molecular flexibility index (Phi) is 8.62. The SMILES string of the molecule is CC[C@@H]1[C@@H]2CN(C(=O)[C@H](C(C)(C)C)NC(=O)O[C@@H]3CCC[C@H]3CCCCCc3cn4ccnc4cc3O2)[C@@H]1C(C)=O. The number of carbonyl (C=O) groups is 3. The average Bonchev–Trinajstić information content (AvgIpc) is 3.64. The molecule has 41 heavy (non-hydrogen) atoms. The molecule has 2 aromatic rings. The number of hydrogen-bond acceptors (Lipinski definition) is 6. The van der Waals surface area contributed by atoms with Crippen LogP contribution in [0.25, 0.3) is 5.65 Å². The van der Waals surface area contributed by atoms with Gasteiger partial charge in [0.15, 0.2) is 5.78 Å². The molecule has 2 aromatic heterocycles. The first-order chi connectivity index (χ1) is 19.6. The van der Waals surface area contributed by atoms with E-state index in [1.807, 2.05) is 44.4 Å². The molecule has 0 unspecified atom stereocenters. The van der Waals surface area contributed by atoms with Crippen LogP contribution in [0.15, 0.2) is 24.7 Å². The molecule has 2 bridgehead atoms. The van der Waals surface area contributed by atoms with Gasteiger partial charge in [-0.2, -0.15) is 0 Å². The maximum Gasteiger partial charge on any atom is 0.408 e. The fourth-order valence-corrected chi connectivity index (χ4v) is 7.17. The van der Waals surface area contributed by atoms with E-state index in [9.17, 15) is 14.4 Å². The number of amides is 2. The largest absolute Gasteiger partial charge is 0.488 e. The van der Waals surface area contributed by atoms with Gasteiger partial charge < -0.3 is 24.1 Å². The van der Waals surface area contributed by atoms with E-state index < -0.39 is 23.6 Å². The quantitative estimate of drug-likeness (QED) is 0.527. The predicted octanol–water partition coefficient (Wildman–Crippen LogP) is 5.33. The van der Waals surface area contributed by atoms with Gasteiger partial charge in [-0.05, 0) is 63.2 Å². The van der Waals surface area contributed by atoms with E-state index in [0.29, 0.717) is 12.3 Å². The standard InChI is InChI=1S/C32H46N4O5/c1-6-23-26-19-36(28(23)20(2)37)30(38)29(32(3,4)5)34-31(39)41-24-14-10-13-21(24)11-8-7-9-12-22-18-35-16-15-33-27(35)17-25(22)40-26/h15-18,21,23-24,26,28-29H,6-14,19H2,1-5H3,(H,34,39)/t21-,23-,24-,26+,28-,29-/m1/s1. The first kappa shape index (κ1) is 29.4. The Hall–Kier alpha value is -3.10. The van der Waals surface area contributed by atoms with E-state index in [-0.39, 0.29) is 36.4 Å². The minimum absolute atomic E-state index is 0.0739. The molecule has 1 N–H and O–H groups in total. The van der Waals surface area contributed by atoms with Crippen LogP contribution in [0.2, 0.25) is 0 Å². The van der Waals surface area contributed by atoms with Gasteiger partial charge in [0.05, 0.1) is 12.6 Å². The molecule has 6 atom stereocenters. The molecule has 9 heteroatoms. The molecule has 9 nitrogen and oxygen atoms in total. The Bertz CT molecular complexity index is 1270. The first-order valence-corrected chi connectivity index (χ1v) is 15.5. The zero-order valence-corrected chi connectivity index (χ0v) is 25.2. The highest BCUT2D eigenvalue weighted by atomic mass is 16.6. The number of alkyl carbamates (subject to hydrolysis) is 1. The summed E-state index contributed by atoms with van der Waals surface area (Å²) >= 11 is 0. The van der Waals surface area contributed by atoms with Crippen molar-refractivity contribution in [2.75, 3.05) is 6.54 Å². The summed E-state index contributed by atoms with van der Waals surface area (Å²) in [6, 6.07) is 0.510. The number of imidazole rings is 1. The van der Waals surface area contributed by atoms with Crippen molar-refractivity contribution in [1.82, 2.24) is 19.6 Å². The van der Waals surface area contributed by atoms with Gasteiger partial charge in [0.1, 0.15) is 29.6 Å². The Morgan fingerprint density at radius 2 is 1.85 bits per heavy atom. The maximum absolute atomic E-state index is 14.2. The normalized spacial score (nSPS) is 30.0. The van der Waals surface area contributed by atoms with E-state index in [4.69, 9.17) is 9.47 Å². The number of nitrogens with one attached hydrogen (secondary N) is 1. The Morgan fingerprint density at radius 1 is 1.07 bits per heavy atom. The monoisotopic (exact) mass is 566 g/mol. The molecule has 4 heterocycles. The van der Waals surface area contributed by atoms with E-state index in [1.165, 1.54) is 0 Å². The number of ether oxygens (including phenoxy) is 2. The van der Waals surface area contributed by atoms with Crippen LogP contribution in [0, 0.1) is 17.3 Å².